The van der Waals surface area contributed by atoms with Crippen LogP contribution >= 0.6 is 11.3 Å². The maximum absolute atomic E-state index is 5.71. The SMILES string of the molecule is NC[C@@H]1C[C@H]1c1csc2c1CCCC2. The van der Waals surface area contributed by atoms with Crippen LogP contribution in [0.5, 0.6) is 0 Å². The molecule has 0 aliphatic heterocycles. The first-order valence-electron chi connectivity index (χ1n) is 5.69. The molecule has 1 saturated carbocycles. The van der Waals surface area contributed by atoms with Crippen molar-refractivity contribution in [2.45, 2.75) is 38.0 Å². The molecule has 2 heteroatoms. The zero-order valence-electron chi connectivity index (χ0n) is 8.46. The summed E-state index contributed by atoms with van der Waals surface area (Å²) in [6.07, 6.45) is 6.82. The quantitative estimate of drug-likeness (QED) is 0.793. The number of rotatable bonds is 2. The summed E-state index contributed by atoms with van der Waals surface area (Å²) < 4.78 is 0. The molecular formula is C12H17NS. The predicted octanol–water partition coefficient (Wildman–Crippen LogP) is 2.69. The smallest absolute Gasteiger partial charge is 0.00801 e. The number of nitrogens with two attached hydrogens (primary N) is 1. The second-order valence-electron chi connectivity index (χ2n) is 4.64. The van der Waals surface area contributed by atoms with Crippen LogP contribution in [0.15, 0.2) is 5.38 Å². The average Bonchev–Trinajstić information content (AvgIpc) is 2.90. The molecule has 1 heterocycles. The standard InChI is InChI=1S/C12H17NS/c13-6-8-5-10(8)11-7-14-12-4-2-1-3-9(11)12/h7-8,10H,1-6,13H2/t8-,10+/m0/s1. The van der Waals surface area contributed by atoms with E-state index < -0.39 is 0 Å². The van der Waals surface area contributed by atoms with E-state index in [0.29, 0.717) is 0 Å². The summed E-state index contributed by atoms with van der Waals surface area (Å²) in [4.78, 5) is 1.67. The van der Waals surface area contributed by atoms with E-state index in [2.05, 4.69) is 5.38 Å². The van der Waals surface area contributed by atoms with Crippen molar-refractivity contribution in [3.63, 3.8) is 0 Å². The highest BCUT2D eigenvalue weighted by Gasteiger charge is 2.39. The van der Waals surface area contributed by atoms with Crippen molar-refractivity contribution in [1.82, 2.24) is 0 Å². The van der Waals surface area contributed by atoms with Crippen LogP contribution in [0.2, 0.25) is 0 Å². The molecule has 1 aromatic heterocycles. The molecule has 1 aromatic rings. The van der Waals surface area contributed by atoms with E-state index in [1.165, 1.54) is 32.1 Å². The second kappa shape index (κ2) is 3.35. The highest BCUT2D eigenvalue weighted by Crippen LogP contribution is 2.50. The molecule has 2 aliphatic rings. The Morgan fingerprint density at radius 3 is 3.00 bits per heavy atom. The zero-order chi connectivity index (χ0) is 9.54. The van der Waals surface area contributed by atoms with Crippen molar-refractivity contribution in [2.75, 3.05) is 6.54 Å². The topological polar surface area (TPSA) is 26.0 Å². The van der Waals surface area contributed by atoms with Gasteiger partial charge in [0.2, 0.25) is 0 Å². The van der Waals surface area contributed by atoms with Gasteiger partial charge in [0, 0.05) is 4.88 Å². The summed E-state index contributed by atoms with van der Waals surface area (Å²) in [7, 11) is 0. The minimum Gasteiger partial charge on any atom is -0.330 e. The van der Waals surface area contributed by atoms with Gasteiger partial charge in [-0.15, -0.1) is 11.3 Å². The Kier molecular flexibility index (Phi) is 2.14. The van der Waals surface area contributed by atoms with Crippen molar-refractivity contribution >= 4 is 11.3 Å². The Labute approximate surface area is 89.3 Å². The fourth-order valence-corrected chi connectivity index (χ4v) is 3.93. The monoisotopic (exact) mass is 207 g/mol. The van der Waals surface area contributed by atoms with Gasteiger partial charge < -0.3 is 5.73 Å². The summed E-state index contributed by atoms with van der Waals surface area (Å²) in [5.41, 5.74) is 9.09. The average molecular weight is 207 g/mol. The third-order valence-corrected chi connectivity index (χ3v) is 4.83. The largest absolute Gasteiger partial charge is 0.330 e. The highest BCUT2D eigenvalue weighted by molar-refractivity contribution is 7.10. The van der Waals surface area contributed by atoms with Crippen molar-refractivity contribution < 1.29 is 0 Å². The molecule has 1 nitrogen and oxygen atoms in total. The van der Waals surface area contributed by atoms with Crippen LogP contribution in [0.4, 0.5) is 0 Å². The van der Waals surface area contributed by atoms with Crippen molar-refractivity contribution in [1.29, 1.82) is 0 Å². The van der Waals surface area contributed by atoms with E-state index >= 15 is 0 Å². The molecule has 0 amide bonds. The lowest BCUT2D eigenvalue weighted by atomic mass is 9.94. The molecule has 0 unspecified atom stereocenters. The Hall–Kier alpha value is -0.340. The lowest BCUT2D eigenvalue weighted by molar-refractivity contribution is 0.688. The summed E-state index contributed by atoms with van der Waals surface area (Å²) >= 11 is 1.99. The van der Waals surface area contributed by atoms with Gasteiger partial charge in [-0.3, -0.25) is 0 Å². The second-order valence-corrected chi connectivity index (χ2v) is 5.60. The van der Waals surface area contributed by atoms with Crippen molar-refractivity contribution in [3.8, 4) is 0 Å². The van der Waals surface area contributed by atoms with Crippen molar-refractivity contribution in [2.24, 2.45) is 11.7 Å². The molecule has 0 aromatic carbocycles. The van der Waals surface area contributed by atoms with Crippen LogP contribution < -0.4 is 5.73 Å². The fourth-order valence-electron chi connectivity index (χ4n) is 2.72. The summed E-state index contributed by atoms with van der Waals surface area (Å²) in [6, 6.07) is 0. The van der Waals surface area contributed by atoms with Gasteiger partial charge in [0.05, 0.1) is 0 Å². The Balaban J connectivity index is 1.88. The van der Waals surface area contributed by atoms with Gasteiger partial charge in [-0.25, -0.2) is 0 Å². The molecule has 0 bridgehead atoms. The van der Waals surface area contributed by atoms with E-state index in [0.717, 1.165) is 18.4 Å². The number of hydrogen-bond donors (Lipinski definition) is 1. The third-order valence-electron chi connectivity index (χ3n) is 3.72. The molecule has 14 heavy (non-hydrogen) atoms. The van der Waals surface area contributed by atoms with Crippen LogP contribution in [-0.2, 0) is 12.8 Å². The van der Waals surface area contributed by atoms with Crippen LogP contribution in [0, 0.1) is 5.92 Å². The van der Waals surface area contributed by atoms with Crippen LogP contribution in [0.3, 0.4) is 0 Å². The lowest BCUT2D eigenvalue weighted by Crippen LogP contribution is -2.04. The summed E-state index contributed by atoms with van der Waals surface area (Å²) in [5.74, 6) is 1.63. The molecule has 3 rings (SSSR count). The molecule has 0 saturated heterocycles. The summed E-state index contributed by atoms with van der Waals surface area (Å²) in [6.45, 7) is 0.884. The Morgan fingerprint density at radius 1 is 1.36 bits per heavy atom. The van der Waals surface area contributed by atoms with Gasteiger partial charge in [0.25, 0.3) is 0 Å². The number of fused-ring (bicyclic) bond motifs is 1. The minimum absolute atomic E-state index is 0.802. The van der Waals surface area contributed by atoms with Gasteiger partial charge in [-0.05, 0) is 67.0 Å². The maximum atomic E-state index is 5.71. The first-order valence-corrected chi connectivity index (χ1v) is 6.57. The molecule has 1 fully saturated rings. The van der Waals surface area contributed by atoms with Crippen molar-refractivity contribution in [3.05, 3.63) is 21.4 Å². The van der Waals surface area contributed by atoms with E-state index in [1.54, 1.807) is 16.0 Å². The molecule has 2 aliphatic carbocycles. The third kappa shape index (κ3) is 1.32. The van der Waals surface area contributed by atoms with E-state index in [1.807, 2.05) is 11.3 Å². The van der Waals surface area contributed by atoms with Gasteiger partial charge in [-0.1, -0.05) is 0 Å². The van der Waals surface area contributed by atoms with E-state index in [-0.39, 0.29) is 0 Å². The molecule has 0 radical (unpaired) electrons. The van der Waals surface area contributed by atoms with Crippen LogP contribution in [-0.4, -0.2) is 6.54 Å². The normalized spacial score (nSPS) is 30.1. The minimum atomic E-state index is 0.802. The van der Waals surface area contributed by atoms with E-state index in [9.17, 15) is 0 Å². The Bertz CT molecular complexity index is 342. The molecule has 0 spiro atoms. The molecule has 2 N–H and O–H groups in total. The first kappa shape index (κ1) is 8.93. The highest BCUT2D eigenvalue weighted by atomic mass is 32.1. The number of hydrogen-bond acceptors (Lipinski definition) is 2. The van der Waals surface area contributed by atoms with Gasteiger partial charge in [-0.2, -0.15) is 0 Å². The maximum Gasteiger partial charge on any atom is 0.00801 e. The molecule has 76 valence electrons. The Morgan fingerprint density at radius 2 is 2.21 bits per heavy atom. The number of aryl methyl sites for hydroxylation is 1. The van der Waals surface area contributed by atoms with Gasteiger partial charge in [0.15, 0.2) is 0 Å². The van der Waals surface area contributed by atoms with Crippen LogP contribution in [0.1, 0.15) is 41.2 Å². The van der Waals surface area contributed by atoms with Gasteiger partial charge >= 0.3 is 0 Å². The molecule has 2 atom stereocenters. The predicted molar refractivity (Wildman–Crippen MR) is 60.9 cm³/mol. The fraction of sp³-hybridized carbons (Fsp3) is 0.667. The van der Waals surface area contributed by atoms with E-state index in [4.69, 9.17) is 5.73 Å². The summed E-state index contributed by atoms with van der Waals surface area (Å²) in [5, 5.41) is 2.41. The lowest BCUT2D eigenvalue weighted by Gasteiger charge is -2.12. The number of thiophene rings is 1. The van der Waals surface area contributed by atoms with Gasteiger partial charge in [0.1, 0.15) is 0 Å². The first-order chi connectivity index (χ1) is 6.90. The zero-order valence-corrected chi connectivity index (χ0v) is 9.28. The molecular weight excluding hydrogens is 190 g/mol. The van der Waals surface area contributed by atoms with Crippen LogP contribution in [0.25, 0.3) is 0 Å².